The lowest BCUT2D eigenvalue weighted by molar-refractivity contribution is -0.137. The molecule has 0 aliphatic carbocycles. The maximum absolute atomic E-state index is 12.8. The van der Waals surface area contributed by atoms with Crippen LogP contribution in [0.1, 0.15) is 12.5 Å². The van der Waals surface area contributed by atoms with Gasteiger partial charge in [0, 0.05) is 35.9 Å². The number of aromatic nitrogens is 4. The van der Waals surface area contributed by atoms with Gasteiger partial charge < -0.3 is 0 Å². The van der Waals surface area contributed by atoms with Crippen molar-refractivity contribution in [3.63, 3.8) is 0 Å². The van der Waals surface area contributed by atoms with E-state index < -0.39 is 21.6 Å². The Morgan fingerprint density at radius 3 is 2.62 bits per heavy atom. The van der Waals surface area contributed by atoms with Crippen molar-refractivity contribution in [2.45, 2.75) is 18.0 Å². The fourth-order valence-electron chi connectivity index (χ4n) is 2.29. The van der Waals surface area contributed by atoms with Gasteiger partial charge in [0.1, 0.15) is 4.90 Å². The van der Waals surface area contributed by atoms with Gasteiger partial charge in [-0.2, -0.15) is 18.3 Å². The highest BCUT2D eigenvalue weighted by atomic mass is 32.2. The lowest BCUT2D eigenvalue weighted by atomic mass is 10.1. The summed E-state index contributed by atoms with van der Waals surface area (Å²) in [6.45, 7) is 1.51. The van der Waals surface area contributed by atoms with Gasteiger partial charge in [0.15, 0.2) is 15.7 Å². The highest BCUT2D eigenvalue weighted by Gasteiger charge is 2.31. The van der Waals surface area contributed by atoms with E-state index in [1.54, 1.807) is 0 Å². The van der Waals surface area contributed by atoms with Gasteiger partial charge in [0.05, 0.1) is 17.5 Å². The van der Waals surface area contributed by atoms with Gasteiger partial charge in [-0.25, -0.2) is 18.1 Å². The molecule has 26 heavy (non-hydrogen) atoms. The first kappa shape index (κ1) is 18.1. The molecule has 3 aromatic rings. The first-order valence-electron chi connectivity index (χ1n) is 7.48. The lowest BCUT2D eigenvalue weighted by Crippen LogP contribution is -2.10. The Hall–Kier alpha value is -2.75. The third kappa shape index (κ3) is 3.45. The zero-order valence-electron chi connectivity index (χ0n) is 13.5. The minimum atomic E-state index is -4.51. The van der Waals surface area contributed by atoms with E-state index in [-0.39, 0.29) is 22.0 Å². The van der Waals surface area contributed by atoms with Crippen molar-refractivity contribution in [3.8, 4) is 16.9 Å². The molecule has 0 N–H and O–H groups in total. The standard InChI is InChI=1S/C16H13F3N4O2S/c1-2-26(24,25)14-4-3-5-21-15(14)23-10-12(8-22-23)11-6-13(9-20-7-11)16(17,18)19/h3-10H,2H2,1H3. The molecule has 0 fully saturated rings. The molecule has 0 saturated carbocycles. The van der Waals surface area contributed by atoms with Crippen LogP contribution in [0.15, 0.2) is 54.1 Å². The zero-order chi connectivity index (χ0) is 18.9. The predicted molar refractivity (Wildman–Crippen MR) is 87.3 cm³/mol. The van der Waals surface area contributed by atoms with Crippen LogP contribution in [-0.4, -0.2) is 33.9 Å². The minimum absolute atomic E-state index is 0.000632. The van der Waals surface area contributed by atoms with E-state index in [4.69, 9.17) is 0 Å². The summed E-state index contributed by atoms with van der Waals surface area (Å²) in [7, 11) is -3.54. The molecule has 0 atom stereocenters. The van der Waals surface area contributed by atoms with Gasteiger partial charge >= 0.3 is 6.18 Å². The largest absolute Gasteiger partial charge is 0.417 e. The van der Waals surface area contributed by atoms with Crippen LogP contribution < -0.4 is 0 Å². The maximum atomic E-state index is 12.8. The van der Waals surface area contributed by atoms with Crippen molar-refractivity contribution in [1.82, 2.24) is 19.7 Å². The molecule has 136 valence electrons. The van der Waals surface area contributed by atoms with Crippen LogP contribution in [0.4, 0.5) is 13.2 Å². The summed E-state index contributed by atoms with van der Waals surface area (Å²) in [5, 5.41) is 4.04. The molecule has 0 amide bonds. The normalized spacial score (nSPS) is 12.3. The molecule has 0 aliphatic heterocycles. The van der Waals surface area contributed by atoms with Crippen LogP contribution in [0.5, 0.6) is 0 Å². The molecule has 0 aromatic carbocycles. The number of halogens is 3. The van der Waals surface area contributed by atoms with Gasteiger partial charge in [-0.3, -0.25) is 4.98 Å². The minimum Gasteiger partial charge on any atom is -0.263 e. The Kier molecular flexibility index (Phi) is 4.53. The van der Waals surface area contributed by atoms with Crippen molar-refractivity contribution in [3.05, 3.63) is 54.7 Å². The molecular weight excluding hydrogens is 369 g/mol. The van der Waals surface area contributed by atoms with Crippen molar-refractivity contribution in [1.29, 1.82) is 0 Å². The number of sulfone groups is 1. The Morgan fingerprint density at radius 1 is 1.15 bits per heavy atom. The Labute approximate surface area is 147 Å². The SMILES string of the molecule is CCS(=O)(=O)c1cccnc1-n1cc(-c2cncc(C(F)(F)F)c2)cn1. The van der Waals surface area contributed by atoms with Gasteiger partial charge in [0.2, 0.25) is 0 Å². The van der Waals surface area contributed by atoms with Gasteiger partial charge in [-0.1, -0.05) is 6.92 Å². The van der Waals surface area contributed by atoms with Crippen molar-refractivity contribution in [2.24, 2.45) is 0 Å². The Morgan fingerprint density at radius 2 is 1.92 bits per heavy atom. The molecule has 0 aliphatic rings. The van der Waals surface area contributed by atoms with Crippen molar-refractivity contribution in [2.75, 3.05) is 5.75 Å². The number of rotatable bonds is 4. The average molecular weight is 382 g/mol. The van der Waals surface area contributed by atoms with Crippen LogP contribution in [-0.2, 0) is 16.0 Å². The fraction of sp³-hybridized carbons (Fsp3) is 0.188. The number of nitrogens with zero attached hydrogens (tertiary/aromatic N) is 4. The van der Waals surface area contributed by atoms with Crippen molar-refractivity contribution >= 4 is 9.84 Å². The summed E-state index contributed by atoms with van der Waals surface area (Å²) in [4.78, 5) is 7.66. The highest BCUT2D eigenvalue weighted by molar-refractivity contribution is 7.91. The molecule has 0 unspecified atom stereocenters. The van der Waals surface area contributed by atoms with E-state index in [0.717, 1.165) is 12.3 Å². The average Bonchev–Trinajstić information content (AvgIpc) is 3.11. The van der Waals surface area contributed by atoms with Gasteiger partial charge in [-0.15, -0.1) is 0 Å². The third-order valence-corrected chi connectivity index (χ3v) is 5.41. The van der Waals surface area contributed by atoms with E-state index in [1.807, 2.05) is 0 Å². The third-order valence-electron chi connectivity index (χ3n) is 3.66. The second-order valence-electron chi connectivity index (χ2n) is 5.36. The van der Waals surface area contributed by atoms with E-state index in [1.165, 1.54) is 48.5 Å². The number of hydrogen-bond donors (Lipinski definition) is 0. The molecule has 6 nitrogen and oxygen atoms in total. The van der Waals surface area contributed by atoms with Crippen LogP contribution >= 0.6 is 0 Å². The molecule has 3 rings (SSSR count). The van der Waals surface area contributed by atoms with Crippen LogP contribution in [0.3, 0.4) is 0 Å². The van der Waals surface area contributed by atoms with E-state index in [0.29, 0.717) is 5.56 Å². The maximum Gasteiger partial charge on any atom is 0.417 e. The lowest BCUT2D eigenvalue weighted by Gasteiger charge is -2.08. The van der Waals surface area contributed by atoms with Crippen LogP contribution in [0.2, 0.25) is 0 Å². The highest BCUT2D eigenvalue weighted by Crippen LogP contribution is 2.31. The van der Waals surface area contributed by atoms with Gasteiger partial charge in [-0.05, 0) is 18.2 Å². The quantitative estimate of drug-likeness (QED) is 0.693. The molecule has 0 spiro atoms. The Bertz CT molecular complexity index is 1050. The molecule has 0 radical (unpaired) electrons. The number of hydrogen-bond acceptors (Lipinski definition) is 5. The van der Waals surface area contributed by atoms with E-state index in [9.17, 15) is 21.6 Å². The summed E-state index contributed by atoms with van der Waals surface area (Å²) >= 11 is 0. The van der Waals surface area contributed by atoms with Gasteiger partial charge in [0.25, 0.3) is 0 Å². The van der Waals surface area contributed by atoms with Crippen molar-refractivity contribution < 1.29 is 21.6 Å². The molecule has 10 heteroatoms. The summed E-state index contributed by atoms with van der Waals surface area (Å²) in [6, 6.07) is 3.86. The second kappa shape index (κ2) is 6.52. The summed E-state index contributed by atoms with van der Waals surface area (Å²) in [6.07, 6.45) is 1.65. The van der Waals surface area contributed by atoms with Crippen LogP contribution in [0.25, 0.3) is 16.9 Å². The molecule has 0 bridgehead atoms. The molecule has 0 saturated heterocycles. The van der Waals surface area contributed by atoms with Crippen LogP contribution in [0, 0.1) is 0 Å². The summed E-state index contributed by atoms with van der Waals surface area (Å²) < 4.78 is 64.2. The first-order chi connectivity index (χ1) is 12.2. The second-order valence-corrected chi connectivity index (χ2v) is 7.61. The van der Waals surface area contributed by atoms with E-state index in [2.05, 4.69) is 15.1 Å². The Balaban J connectivity index is 2.06. The van der Waals surface area contributed by atoms with E-state index >= 15 is 0 Å². The zero-order valence-corrected chi connectivity index (χ0v) is 14.3. The molecular formula is C16H13F3N4O2S. The monoisotopic (exact) mass is 382 g/mol. The summed E-state index contributed by atoms with van der Waals surface area (Å²) in [5.74, 6) is -0.0299. The molecule has 3 aromatic heterocycles. The fourth-order valence-corrected chi connectivity index (χ4v) is 3.31. The first-order valence-corrected chi connectivity index (χ1v) is 9.13. The number of alkyl halides is 3. The molecule has 3 heterocycles. The summed E-state index contributed by atoms with van der Waals surface area (Å²) in [5.41, 5.74) is -0.314. The topological polar surface area (TPSA) is 77.7 Å². The predicted octanol–water partition coefficient (Wildman–Crippen LogP) is 3.14. The smallest absolute Gasteiger partial charge is 0.263 e. The number of pyridine rings is 2.